The van der Waals surface area contributed by atoms with Crippen LogP contribution >= 0.6 is 0 Å². The number of rotatable bonds is 2. The Balaban J connectivity index is 2.39. The second kappa shape index (κ2) is 3.25. The molecule has 6 nitrogen and oxygen atoms in total. The molecule has 14 heavy (non-hydrogen) atoms. The van der Waals surface area contributed by atoms with Gasteiger partial charge in [-0.15, -0.1) is 0 Å². The minimum atomic E-state index is -1.15. The summed E-state index contributed by atoms with van der Waals surface area (Å²) >= 11 is 0. The third-order valence-electron chi connectivity index (χ3n) is 1.57. The zero-order valence-electron chi connectivity index (χ0n) is 6.91. The normalized spacial score (nSPS) is 10.0. The van der Waals surface area contributed by atoms with Gasteiger partial charge in [-0.3, -0.25) is 0 Å². The average molecular weight is 191 g/mol. The molecule has 6 heteroatoms. The molecule has 0 saturated heterocycles. The highest BCUT2D eigenvalue weighted by molar-refractivity contribution is 5.85. The lowest BCUT2D eigenvalue weighted by Crippen LogP contribution is -1.91. The first-order valence-corrected chi connectivity index (χ1v) is 3.74. The largest absolute Gasteiger partial charge is 0.475 e. The summed E-state index contributed by atoms with van der Waals surface area (Å²) in [7, 11) is 0. The van der Waals surface area contributed by atoms with E-state index in [4.69, 9.17) is 5.11 Å². The van der Waals surface area contributed by atoms with E-state index in [-0.39, 0.29) is 5.76 Å². The Labute approximate surface area is 78.2 Å². The summed E-state index contributed by atoms with van der Waals surface area (Å²) in [5.74, 6) is -1.36. The number of aromatic nitrogens is 3. The SMILES string of the molecule is O=C(O)c1cc(-c2ccncn2)no1. The van der Waals surface area contributed by atoms with E-state index in [2.05, 4.69) is 19.6 Å². The highest BCUT2D eigenvalue weighted by Crippen LogP contribution is 2.15. The number of carboxylic acids is 1. The van der Waals surface area contributed by atoms with E-state index in [1.165, 1.54) is 18.6 Å². The van der Waals surface area contributed by atoms with Gasteiger partial charge in [-0.25, -0.2) is 14.8 Å². The van der Waals surface area contributed by atoms with Crippen molar-refractivity contribution in [3.05, 3.63) is 30.4 Å². The van der Waals surface area contributed by atoms with Crippen molar-refractivity contribution in [1.82, 2.24) is 15.1 Å². The van der Waals surface area contributed by atoms with Crippen LogP contribution in [0.3, 0.4) is 0 Å². The second-order valence-corrected chi connectivity index (χ2v) is 2.48. The Morgan fingerprint density at radius 2 is 2.29 bits per heavy atom. The summed E-state index contributed by atoms with van der Waals surface area (Å²) in [6.45, 7) is 0. The van der Waals surface area contributed by atoms with Gasteiger partial charge in [0.15, 0.2) is 0 Å². The Kier molecular flexibility index (Phi) is 1.94. The molecule has 0 aliphatic carbocycles. The first-order chi connectivity index (χ1) is 6.77. The molecule has 2 heterocycles. The number of hydrogen-bond donors (Lipinski definition) is 1. The number of aromatic carboxylic acids is 1. The summed E-state index contributed by atoms with van der Waals surface area (Å²) in [5, 5.41) is 12.1. The molecule has 0 fully saturated rings. The van der Waals surface area contributed by atoms with Crippen LogP contribution in [-0.4, -0.2) is 26.2 Å². The zero-order chi connectivity index (χ0) is 9.97. The van der Waals surface area contributed by atoms with Crippen LogP contribution in [0.25, 0.3) is 11.4 Å². The number of carboxylic acid groups (broad SMARTS) is 1. The van der Waals surface area contributed by atoms with Gasteiger partial charge in [-0.05, 0) is 6.07 Å². The van der Waals surface area contributed by atoms with Crippen LogP contribution in [0.2, 0.25) is 0 Å². The maximum atomic E-state index is 10.5. The summed E-state index contributed by atoms with van der Waals surface area (Å²) in [6.07, 6.45) is 2.89. The molecule has 0 atom stereocenters. The smallest absolute Gasteiger partial charge is 0.374 e. The molecule has 0 aliphatic heterocycles. The van der Waals surface area contributed by atoms with Crippen molar-refractivity contribution in [2.75, 3.05) is 0 Å². The molecule has 0 saturated carbocycles. The highest BCUT2D eigenvalue weighted by atomic mass is 16.5. The Morgan fingerprint density at radius 3 is 2.86 bits per heavy atom. The van der Waals surface area contributed by atoms with E-state index in [1.54, 1.807) is 6.07 Å². The Bertz CT molecular complexity index is 452. The van der Waals surface area contributed by atoms with Crippen molar-refractivity contribution < 1.29 is 14.4 Å². The van der Waals surface area contributed by atoms with Crippen molar-refractivity contribution in [1.29, 1.82) is 0 Å². The van der Waals surface area contributed by atoms with Crippen LogP contribution in [0, 0.1) is 0 Å². The maximum absolute atomic E-state index is 10.5. The van der Waals surface area contributed by atoms with Gasteiger partial charge >= 0.3 is 5.97 Å². The predicted octanol–water partition coefficient (Wildman–Crippen LogP) is 0.830. The summed E-state index contributed by atoms with van der Waals surface area (Å²) in [4.78, 5) is 18.1. The fourth-order valence-corrected chi connectivity index (χ4v) is 0.939. The first-order valence-electron chi connectivity index (χ1n) is 3.74. The lowest BCUT2D eigenvalue weighted by molar-refractivity contribution is 0.0652. The van der Waals surface area contributed by atoms with Gasteiger partial charge in [0.1, 0.15) is 12.0 Å². The van der Waals surface area contributed by atoms with E-state index in [1.807, 2.05) is 0 Å². The van der Waals surface area contributed by atoms with Crippen LogP contribution in [0.1, 0.15) is 10.6 Å². The van der Waals surface area contributed by atoms with Gasteiger partial charge in [0, 0.05) is 12.3 Å². The molecule has 0 unspecified atom stereocenters. The molecule has 0 spiro atoms. The number of hydrogen-bond acceptors (Lipinski definition) is 5. The fourth-order valence-electron chi connectivity index (χ4n) is 0.939. The lowest BCUT2D eigenvalue weighted by atomic mass is 10.3. The van der Waals surface area contributed by atoms with Crippen LogP contribution in [0.15, 0.2) is 29.2 Å². The molecule has 2 aromatic rings. The third kappa shape index (κ3) is 1.45. The summed E-state index contributed by atoms with van der Waals surface area (Å²) < 4.78 is 4.57. The molecule has 2 rings (SSSR count). The molecular formula is C8H5N3O3. The average Bonchev–Trinajstić information content (AvgIpc) is 2.68. The first kappa shape index (κ1) is 8.36. The van der Waals surface area contributed by atoms with Gasteiger partial charge in [0.2, 0.25) is 5.76 Å². The molecule has 0 bridgehead atoms. The molecule has 0 aliphatic rings. The lowest BCUT2D eigenvalue weighted by Gasteiger charge is -1.89. The molecule has 2 aromatic heterocycles. The molecule has 0 radical (unpaired) electrons. The third-order valence-corrected chi connectivity index (χ3v) is 1.57. The summed E-state index contributed by atoms with van der Waals surface area (Å²) in [5.41, 5.74) is 0.904. The monoisotopic (exact) mass is 191 g/mol. The number of nitrogens with zero attached hydrogens (tertiary/aromatic N) is 3. The molecule has 70 valence electrons. The van der Waals surface area contributed by atoms with E-state index in [0.29, 0.717) is 11.4 Å². The molecular weight excluding hydrogens is 186 g/mol. The van der Waals surface area contributed by atoms with Gasteiger partial charge in [-0.2, -0.15) is 0 Å². The minimum absolute atomic E-state index is 0.210. The van der Waals surface area contributed by atoms with Crippen molar-refractivity contribution >= 4 is 5.97 Å². The molecule has 0 aromatic carbocycles. The van der Waals surface area contributed by atoms with E-state index in [0.717, 1.165) is 0 Å². The van der Waals surface area contributed by atoms with E-state index in [9.17, 15) is 4.79 Å². The van der Waals surface area contributed by atoms with E-state index >= 15 is 0 Å². The highest BCUT2D eigenvalue weighted by Gasteiger charge is 2.12. The molecule has 1 N–H and O–H groups in total. The van der Waals surface area contributed by atoms with Gasteiger partial charge in [0.25, 0.3) is 0 Å². The molecule has 0 amide bonds. The quantitative estimate of drug-likeness (QED) is 0.756. The predicted molar refractivity (Wildman–Crippen MR) is 44.5 cm³/mol. The Morgan fingerprint density at radius 1 is 1.43 bits per heavy atom. The van der Waals surface area contributed by atoms with Crippen LogP contribution in [0.5, 0.6) is 0 Å². The fraction of sp³-hybridized carbons (Fsp3) is 0. The maximum Gasteiger partial charge on any atom is 0.374 e. The van der Waals surface area contributed by atoms with Crippen molar-refractivity contribution in [3.8, 4) is 11.4 Å². The van der Waals surface area contributed by atoms with Gasteiger partial charge < -0.3 is 9.63 Å². The zero-order valence-corrected chi connectivity index (χ0v) is 6.91. The summed E-state index contributed by atoms with van der Waals surface area (Å²) in [6, 6.07) is 2.92. The van der Waals surface area contributed by atoms with Crippen molar-refractivity contribution in [3.63, 3.8) is 0 Å². The van der Waals surface area contributed by atoms with Crippen molar-refractivity contribution in [2.45, 2.75) is 0 Å². The van der Waals surface area contributed by atoms with Crippen molar-refractivity contribution in [2.24, 2.45) is 0 Å². The van der Waals surface area contributed by atoms with Crippen LogP contribution in [0.4, 0.5) is 0 Å². The van der Waals surface area contributed by atoms with E-state index < -0.39 is 5.97 Å². The Hall–Kier alpha value is -2.24. The number of carbonyl (C=O) groups is 1. The van der Waals surface area contributed by atoms with Crippen LogP contribution in [-0.2, 0) is 0 Å². The van der Waals surface area contributed by atoms with Gasteiger partial charge in [-0.1, -0.05) is 5.16 Å². The minimum Gasteiger partial charge on any atom is -0.475 e. The van der Waals surface area contributed by atoms with Crippen LogP contribution < -0.4 is 0 Å². The topological polar surface area (TPSA) is 89.1 Å². The standard InChI is InChI=1S/C8H5N3O3/c12-8(13)7-3-6(11-14-7)5-1-2-9-4-10-5/h1-4H,(H,12,13). The second-order valence-electron chi connectivity index (χ2n) is 2.48. The van der Waals surface area contributed by atoms with Gasteiger partial charge in [0.05, 0.1) is 5.69 Å².